The number of nitrogen functional groups attached to an aromatic ring is 1. The van der Waals surface area contributed by atoms with Crippen LogP contribution in [0.25, 0.3) is 20.8 Å². The highest BCUT2D eigenvalue weighted by Gasteiger charge is 2.15. The number of fused-ring (bicyclic) bond motifs is 1. The van der Waals surface area contributed by atoms with Crippen molar-refractivity contribution >= 4 is 43.2 Å². The highest BCUT2D eigenvalue weighted by molar-refractivity contribution is 7.22. The molecule has 0 saturated heterocycles. The van der Waals surface area contributed by atoms with Gasteiger partial charge in [0.15, 0.2) is 10.1 Å². The summed E-state index contributed by atoms with van der Waals surface area (Å²) in [6.45, 7) is 9.04. The van der Waals surface area contributed by atoms with E-state index in [2.05, 4.69) is 38.1 Å². The van der Waals surface area contributed by atoms with Gasteiger partial charge in [0.2, 0.25) is 11.0 Å². The van der Waals surface area contributed by atoms with Gasteiger partial charge >= 0.3 is 0 Å². The van der Waals surface area contributed by atoms with Crippen molar-refractivity contribution in [2.45, 2.75) is 20.3 Å². The number of anilines is 2. The van der Waals surface area contributed by atoms with Gasteiger partial charge in [0, 0.05) is 24.4 Å². The van der Waals surface area contributed by atoms with E-state index >= 15 is 0 Å². The largest absolute Gasteiger partial charge is 0.493 e. The molecule has 0 spiro atoms. The van der Waals surface area contributed by atoms with Crippen molar-refractivity contribution in [1.82, 2.24) is 20.2 Å². The van der Waals surface area contributed by atoms with Gasteiger partial charge in [0.25, 0.3) is 0 Å². The average molecular weight is 455 g/mol. The van der Waals surface area contributed by atoms with Gasteiger partial charge in [-0.25, -0.2) is 9.97 Å². The van der Waals surface area contributed by atoms with E-state index in [9.17, 15) is 0 Å². The molecule has 3 heterocycles. The molecule has 1 aromatic carbocycles. The van der Waals surface area contributed by atoms with Crippen LogP contribution in [0.3, 0.4) is 0 Å². The van der Waals surface area contributed by atoms with Crippen molar-refractivity contribution in [3.05, 3.63) is 48.3 Å². The van der Waals surface area contributed by atoms with Crippen LogP contribution < -0.4 is 20.5 Å². The molecule has 3 N–H and O–H groups in total. The first-order valence-electron chi connectivity index (χ1n) is 9.75. The van der Waals surface area contributed by atoms with Crippen molar-refractivity contribution in [2.24, 2.45) is 0 Å². The van der Waals surface area contributed by atoms with Gasteiger partial charge in [0.05, 0.1) is 29.0 Å². The summed E-state index contributed by atoms with van der Waals surface area (Å²) >= 11 is 2.89. The number of thiazole rings is 1. The van der Waals surface area contributed by atoms with E-state index in [0.29, 0.717) is 46.5 Å². The molecule has 0 aliphatic heterocycles. The minimum Gasteiger partial charge on any atom is -0.493 e. The molecule has 0 fully saturated rings. The molecule has 8 nitrogen and oxygen atoms in total. The van der Waals surface area contributed by atoms with Crippen LogP contribution in [0.2, 0.25) is 0 Å². The topological polar surface area (TPSA) is 108 Å². The second-order valence-corrected chi connectivity index (χ2v) is 8.60. The standard InChI is InChI=1S/C21H22N6O2S2/c1-4-28-16-10-18(29-5-2)23-11-14(16)19-26-27-21(31-19)24-12(3)8-13-6-7-15-17(9-13)30-20(22)25-15/h6-7,9-11H,3-5,8H2,1-2H3,(H2,22,25)(H,24,27). The van der Waals surface area contributed by atoms with Gasteiger partial charge in [-0.1, -0.05) is 35.3 Å². The monoisotopic (exact) mass is 454 g/mol. The zero-order valence-electron chi connectivity index (χ0n) is 17.2. The molecule has 0 bridgehead atoms. The molecule has 0 aliphatic rings. The molecule has 31 heavy (non-hydrogen) atoms. The van der Waals surface area contributed by atoms with E-state index in [0.717, 1.165) is 27.0 Å². The van der Waals surface area contributed by atoms with Gasteiger partial charge in [-0.15, -0.1) is 10.2 Å². The highest BCUT2D eigenvalue weighted by Crippen LogP contribution is 2.35. The predicted molar refractivity (Wildman–Crippen MR) is 126 cm³/mol. The number of hydrogen-bond donors (Lipinski definition) is 2. The number of hydrogen-bond acceptors (Lipinski definition) is 10. The Morgan fingerprint density at radius 3 is 2.77 bits per heavy atom. The summed E-state index contributed by atoms with van der Waals surface area (Å²) in [5, 5.41) is 13.7. The smallest absolute Gasteiger partial charge is 0.216 e. The first kappa shape index (κ1) is 21.0. The fraction of sp³-hybridized carbons (Fsp3) is 0.238. The Hall–Kier alpha value is -3.24. The maximum Gasteiger partial charge on any atom is 0.216 e. The van der Waals surface area contributed by atoms with Crippen LogP contribution in [-0.4, -0.2) is 33.4 Å². The van der Waals surface area contributed by atoms with E-state index in [1.165, 1.54) is 22.7 Å². The summed E-state index contributed by atoms with van der Waals surface area (Å²) in [6.07, 6.45) is 2.35. The molecule has 3 aromatic heterocycles. The first-order chi connectivity index (χ1) is 15.1. The highest BCUT2D eigenvalue weighted by atomic mass is 32.1. The molecule has 4 aromatic rings. The van der Waals surface area contributed by atoms with Gasteiger partial charge in [0.1, 0.15) is 5.75 Å². The number of nitrogens with one attached hydrogen (secondary N) is 1. The molecule has 0 atom stereocenters. The Bertz CT molecular complexity index is 1220. The number of benzene rings is 1. The van der Waals surface area contributed by atoms with Crippen molar-refractivity contribution in [3.63, 3.8) is 0 Å². The number of allylic oxidation sites excluding steroid dienone is 1. The molecule has 160 valence electrons. The summed E-state index contributed by atoms with van der Waals surface area (Å²) < 4.78 is 12.3. The lowest BCUT2D eigenvalue weighted by atomic mass is 10.1. The van der Waals surface area contributed by atoms with E-state index in [1.807, 2.05) is 26.0 Å². The Balaban J connectivity index is 1.47. The normalized spacial score (nSPS) is 10.9. The van der Waals surface area contributed by atoms with Crippen LogP contribution in [0.1, 0.15) is 19.4 Å². The molecule has 0 amide bonds. The molecule has 0 saturated carbocycles. The Labute approximate surface area is 187 Å². The Kier molecular flexibility index (Phi) is 6.28. The van der Waals surface area contributed by atoms with E-state index < -0.39 is 0 Å². The third-order valence-corrected chi connectivity index (χ3v) is 5.98. The van der Waals surface area contributed by atoms with E-state index in [4.69, 9.17) is 15.2 Å². The third kappa shape index (κ3) is 4.92. The maximum atomic E-state index is 5.79. The fourth-order valence-electron chi connectivity index (χ4n) is 3.00. The van der Waals surface area contributed by atoms with Crippen LogP contribution in [0.15, 0.2) is 42.7 Å². The minimum absolute atomic E-state index is 0.519. The van der Waals surface area contributed by atoms with Crippen LogP contribution in [0.5, 0.6) is 11.6 Å². The van der Waals surface area contributed by atoms with Gasteiger partial charge < -0.3 is 20.5 Å². The lowest BCUT2D eigenvalue weighted by Gasteiger charge is -2.09. The molecular weight excluding hydrogens is 432 g/mol. The van der Waals surface area contributed by atoms with Crippen molar-refractivity contribution in [3.8, 4) is 22.2 Å². The van der Waals surface area contributed by atoms with Gasteiger partial charge in [-0.2, -0.15) is 0 Å². The molecule has 4 rings (SSSR count). The molecule has 0 aliphatic carbocycles. The van der Waals surface area contributed by atoms with E-state index in [-0.39, 0.29) is 0 Å². The summed E-state index contributed by atoms with van der Waals surface area (Å²) in [6, 6.07) is 7.86. The van der Waals surface area contributed by atoms with Crippen LogP contribution in [0.4, 0.5) is 10.3 Å². The number of pyridine rings is 1. The zero-order chi connectivity index (χ0) is 21.8. The average Bonchev–Trinajstić information content (AvgIpc) is 3.34. The lowest BCUT2D eigenvalue weighted by Crippen LogP contribution is -2.01. The number of rotatable bonds is 9. The summed E-state index contributed by atoms with van der Waals surface area (Å²) in [5.74, 6) is 1.19. The van der Waals surface area contributed by atoms with Crippen molar-refractivity contribution in [1.29, 1.82) is 0 Å². The first-order valence-corrected chi connectivity index (χ1v) is 11.4. The zero-order valence-corrected chi connectivity index (χ0v) is 18.8. The fourth-order valence-corrected chi connectivity index (χ4v) is 4.61. The van der Waals surface area contributed by atoms with Gasteiger partial charge in [-0.3, -0.25) is 0 Å². The van der Waals surface area contributed by atoms with E-state index in [1.54, 1.807) is 12.3 Å². The quantitative estimate of drug-likeness (QED) is 0.373. The number of nitrogens with two attached hydrogens (primary N) is 1. The SMILES string of the molecule is C=C(Cc1ccc2nc(N)sc2c1)Nc1nnc(-c2cnc(OCC)cc2OCC)s1. The van der Waals surface area contributed by atoms with Crippen LogP contribution in [-0.2, 0) is 6.42 Å². The number of aromatic nitrogens is 4. The molecular formula is C21H22N6O2S2. The second-order valence-electron chi connectivity index (χ2n) is 6.56. The lowest BCUT2D eigenvalue weighted by molar-refractivity contribution is 0.314. The van der Waals surface area contributed by atoms with Gasteiger partial charge in [-0.05, 0) is 31.5 Å². The summed E-state index contributed by atoms with van der Waals surface area (Å²) in [4.78, 5) is 8.61. The van der Waals surface area contributed by atoms with Crippen molar-refractivity contribution < 1.29 is 9.47 Å². The second kappa shape index (κ2) is 9.27. The third-order valence-electron chi connectivity index (χ3n) is 4.26. The summed E-state index contributed by atoms with van der Waals surface area (Å²) in [7, 11) is 0. The Morgan fingerprint density at radius 2 is 1.97 bits per heavy atom. The summed E-state index contributed by atoms with van der Waals surface area (Å²) in [5.41, 5.74) is 9.41. The molecule has 10 heteroatoms. The maximum absolute atomic E-state index is 5.79. The van der Waals surface area contributed by atoms with Crippen LogP contribution >= 0.6 is 22.7 Å². The number of ether oxygens (including phenoxy) is 2. The number of nitrogens with zero attached hydrogens (tertiary/aromatic N) is 4. The molecule has 0 unspecified atom stereocenters. The van der Waals surface area contributed by atoms with Crippen molar-refractivity contribution in [2.75, 3.05) is 24.3 Å². The van der Waals surface area contributed by atoms with Crippen LogP contribution in [0, 0.1) is 0 Å². The Morgan fingerprint density at radius 1 is 1.13 bits per heavy atom. The molecule has 0 radical (unpaired) electrons. The minimum atomic E-state index is 0.519. The predicted octanol–water partition coefficient (Wildman–Crippen LogP) is 4.76.